The highest BCUT2D eigenvalue weighted by Crippen LogP contribution is 2.19. The molecule has 1 aromatic carbocycles. The number of hydrogen-bond acceptors (Lipinski definition) is 5. The number of amides is 2. The summed E-state index contributed by atoms with van der Waals surface area (Å²) in [4.78, 5) is 29.6. The summed E-state index contributed by atoms with van der Waals surface area (Å²) in [6.45, 7) is 5.91. The van der Waals surface area contributed by atoms with Gasteiger partial charge in [0.1, 0.15) is 0 Å². The number of aromatic nitrogens is 1. The van der Waals surface area contributed by atoms with Crippen LogP contribution in [-0.4, -0.2) is 47.1 Å². The molecule has 0 unspecified atom stereocenters. The number of nitrogens with one attached hydrogen (secondary N) is 1. The molecule has 0 saturated heterocycles. The van der Waals surface area contributed by atoms with Crippen molar-refractivity contribution in [1.82, 2.24) is 9.88 Å². The van der Waals surface area contributed by atoms with Crippen molar-refractivity contribution < 1.29 is 14.3 Å². The lowest BCUT2D eigenvalue weighted by molar-refractivity contribution is -0.119. The molecule has 1 aliphatic carbocycles. The van der Waals surface area contributed by atoms with Crippen molar-refractivity contribution in [3.63, 3.8) is 0 Å². The second kappa shape index (κ2) is 11.7. The van der Waals surface area contributed by atoms with Crippen LogP contribution in [0.5, 0.6) is 0 Å². The van der Waals surface area contributed by atoms with Crippen LogP contribution in [0.15, 0.2) is 23.2 Å². The number of benzene rings is 1. The lowest BCUT2D eigenvalue weighted by atomic mass is 9.95. The fourth-order valence-corrected chi connectivity index (χ4v) is 5.45. The smallest absolute Gasteiger partial charge is 0.258 e. The lowest BCUT2D eigenvalue weighted by Crippen LogP contribution is -2.37. The van der Waals surface area contributed by atoms with E-state index in [1.807, 2.05) is 11.5 Å². The van der Waals surface area contributed by atoms with Crippen molar-refractivity contribution in [3.05, 3.63) is 28.6 Å². The molecule has 30 heavy (non-hydrogen) atoms. The first-order valence-electron chi connectivity index (χ1n) is 10.7. The van der Waals surface area contributed by atoms with Gasteiger partial charge in [0, 0.05) is 19.2 Å². The Balaban J connectivity index is 1.60. The fraction of sp³-hybridized carbons (Fsp3) is 0.591. The maximum Gasteiger partial charge on any atom is 0.258 e. The molecule has 1 saturated carbocycles. The Morgan fingerprint density at radius 2 is 2.07 bits per heavy atom. The maximum atomic E-state index is 12.5. The monoisotopic (exact) mass is 449 g/mol. The quantitative estimate of drug-likeness (QED) is 0.593. The Morgan fingerprint density at radius 3 is 2.83 bits per heavy atom. The summed E-state index contributed by atoms with van der Waals surface area (Å²) in [6.07, 6.45) is 5.77. The van der Waals surface area contributed by atoms with Crippen LogP contribution in [0.4, 0.5) is 0 Å². The van der Waals surface area contributed by atoms with Gasteiger partial charge in [0.15, 0.2) is 4.80 Å². The topological polar surface area (TPSA) is 72.7 Å². The molecular formula is C22H31N3O3S2. The number of carbonyl (C=O) groups is 2. The summed E-state index contributed by atoms with van der Waals surface area (Å²) in [5.41, 5.74) is 2.24. The number of rotatable bonds is 9. The average molecular weight is 450 g/mol. The van der Waals surface area contributed by atoms with Gasteiger partial charge in [-0.2, -0.15) is 4.99 Å². The highest BCUT2D eigenvalue weighted by molar-refractivity contribution is 8.00. The van der Waals surface area contributed by atoms with E-state index < -0.39 is 0 Å². The van der Waals surface area contributed by atoms with Crippen LogP contribution in [0, 0.1) is 6.92 Å². The van der Waals surface area contributed by atoms with Gasteiger partial charge in [-0.1, -0.05) is 36.7 Å². The molecule has 3 rings (SSSR count). The van der Waals surface area contributed by atoms with E-state index in [9.17, 15) is 9.59 Å². The molecule has 0 atom stereocenters. The Kier molecular flexibility index (Phi) is 8.96. The number of fused-ring (bicyclic) bond motifs is 1. The van der Waals surface area contributed by atoms with E-state index in [1.165, 1.54) is 47.9 Å². The van der Waals surface area contributed by atoms with E-state index in [1.54, 1.807) is 0 Å². The molecule has 164 valence electrons. The van der Waals surface area contributed by atoms with Gasteiger partial charge in [0.05, 0.1) is 28.3 Å². The minimum atomic E-state index is -0.209. The average Bonchev–Trinajstić information content (AvgIpc) is 3.05. The minimum Gasteiger partial charge on any atom is -0.380 e. The summed E-state index contributed by atoms with van der Waals surface area (Å²) >= 11 is 2.85. The van der Waals surface area contributed by atoms with Gasteiger partial charge >= 0.3 is 0 Å². The molecule has 0 spiro atoms. The Labute approximate surface area is 186 Å². The molecule has 0 bridgehead atoms. The number of aryl methyl sites for hydroxylation is 1. The van der Waals surface area contributed by atoms with Gasteiger partial charge in [-0.25, -0.2) is 0 Å². The third-order valence-corrected chi connectivity index (χ3v) is 7.11. The van der Waals surface area contributed by atoms with Crippen LogP contribution in [0.2, 0.25) is 0 Å². The molecule has 2 amide bonds. The highest BCUT2D eigenvalue weighted by atomic mass is 32.2. The normalized spacial score (nSPS) is 15.6. The molecule has 6 nitrogen and oxygen atoms in total. The number of nitrogens with zero attached hydrogens (tertiary/aromatic N) is 2. The van der Waals surface area contributed by atoms with Gasteiger partial charge in [-0.3, -0.25) is 9.59 Å². The van der Waals surface area contributed by atoms with E-state index in [2.05, 4.69) is 35.4 Å². The summed E-state index contributed by atoms with van der Waals surface area (Å²) in [5.74, 6) is 0.313. The van der Waals surface area contributed by atoms with Gasteiger partial charge in [0.2, 0.25) is 5.91 Å². The molecule has 0 aliphatic heterocycles. The van der Waals surface area contributed by atoms with Crippen LogP contribution < -0.4 is 10.1 Å². The highest BCUT2D eigenvalue weighted by Gasteiger charge is 2.16. The molecular weight excluding hydrogens is 418 g/mol. The summed E-state index contributed by atoms with van der Waals surface area (Å²) in [5, 5.41) is 3.09. The summed E-state index contributed by atoms with van der Waals surface area (Å²) < 4.78 is 8.66. The van der Waals surface area contributed by atoms with Crippen molar-refractivity contribution >= 4 is 45.1 Å². The Bertz CT molecular complexity index is 929. The molecule has 1 aliphatic rings. The van der Waals surface area contributed by atoms with Crippen molar-refractivity contribution in [2.75, 3.05) is 24.7 Å². The first-order valence-corrected chi connectivity index (χ1v) is 12.7. The predicted molar refractivity (Wildman–Crippen MR) is 124 cm³/mol. The molecule has 2 aromatic rings. The fourth-order valence-electron chi connectivity index (χ4n) is 3.67. The molecule has 1 aromatic heterocycles. The van der Waals surface area contributed by atoms with Crippen LogP contribution in [0.3, 0.4) is 0 Å². The van der Waals surface area contributed by atoms with Gasteiger partial charge in [0.25, 0.3) is 5.91 Å². The van der Waals surface area contributed by atoms with Gasteiger partial charge in [-0.05, 0) is 44.4 Å². The lowest BCUT2D eigenvalue weighted by Gasteiger charge is -2.22. The van der Waals surface area contributed by atoms with Crippen LogP contribution in [-0.2, 0) is 20.9 Å². The predicted octanol–water partition coefficient (Wildman–Crippen LogP) is 3.66. The third kappa shape index (κ3) is 6.68. The second-order valence-corrected chi connectivity index (χ2v) is 9.60. The van der Waals surface area contributed by atoms with Crippen LogP contribution in [0.1, 0.15) is 44.6 Å². The Hall–Kier alpha value is -1.64. The van der Waals surface area contributed by atoms with Crippen molar-refractivity contribution in [3.8, 4) is 0 Å². The first kappa shape index (κ1) is 23.0. The SMILES string of the molecule is CCOCCn1c(=NC(=O)CSCC(=O)NC2CCCCC2)sc2cc(C)ccc21. The van der Waals surface area contributed by atoms with Crippen LogP contribution >= 0.6 is 23.1 Å². The maximum absolute atomic E-state index is 12.5. The van der Waals surface area contributed by atoms with Crippen molar-refractivity contribution in [2.24, 2.45) is 4.99 Å². The number of thiazole rings is 1. The van der Waals surface area contributed by atoms with E-state index in [-0.39, 0.29) is 17.6 Å². The van der Waals surface area contributed by atoms with E-state index in [0.717, 1.165) is 23.1 Å². The first-order chi connectivity index (χ1) is 14.6. The molecule has 1 fully saturated rings. The summed E-state index contributed by atoms with van der Waals surface area (Å²) in [6, 6.07) is 6.56. The molecule has 1 N–H and O–H groups in total. The van der Waals surface area contributed by atoms with Crippen LogP contribution in [0.25, 0.3) is 10.2 Å². The van der Waals surface area contributed by atoms with Crippen molar-refractivity contribution in [1.29, 1.82) is 0 Å². The van der Waals surface area contributed by atoms with E-state index in [0.29, 0.717) is 36.4 Å². The zero-order valence-corrected chi connectivity index (χ0v) is 19.4. The Morgan fingerprint density at radius 1 is 1.27 bits per heavy atom. The van der Waals surface area contributed by atoms with E-state index >= 15 is 0 Å². The van der Waals surface area contributed by atoms with Crippen molar-refractivity contribution in [2.45, 2.75) is 58.5 Å². The van der Waals surface area contributed by atoms with Gasteiger partial charge in [-0.15, -0.1) is 11.8 Å². The largest absolute Gasteiger partial charge is 0.380 e. The molecule has 8 heteroatoms. The number of ether oxygens (including phenoxy) is 1. The standard InChI is InChI=1S/C22H31N3O3S2/c1-3-28-12-11-25-18-10-9-16(2)13-19(18)30-22(25)24-21(27)15-29-14-20(26)23-17-7-5-4-6-8-17/h9-10,13,17H,3-8,11-12,14-15H2,1-2H3,(H,23,26). The molecule has 1 heterocycles. The number of carbonyl (C=O) groups excluding carboxylic acids is 2. The summed E-state index contributed by atoms with van der Waals surface area (Å²) in [7, 11) is 0. The molecule has 0 radical (unpaired) electrons. The number of thioether (sulfide) groups is 1. The second-order valence-electron chi connectivity index (χ2n) is 7.61. The van der Waals surface area contributed by atoms with E-state index in [4.69, 9.17) is 4.74 Å². The van der Waals surface area contributed by atoms with Gasteiger partial charge < -0.3 is 14.6 Å². The number of hydrogen-bond donors (Lipinski definition) is 1. The zero-order valence-electron chi connectivity index (χ0n) is 17.8. The zero-order chi connectivity index (χ0) is 21.3. The third-order valence-electron chi connectivity index (χ3n) is 5.15. The minimum absolute atomic E-state index is 0.0174.